The molecule has 2 rings (SSSR count). The van der Waals surface area contributed by atoms with Gasteiger partial charge in [0.25, 0.3) is 5.72 Å². The quantitative estimate of drug-likeness (QED) is 0.823. The van der Waals surface area contributed by atoms with Crippen molar-refractivity contribution in [1.82, 2.24) is 0 Å². The molecule has 1 aliphatic heterocycles. The minimum Gasteiger partial charge on any atom is -0.361 e. The van der Waals surface area contributed by atoms with Crippen molar-refractivity contribution in [2.45, 2.75) is 16.1 Å². The summed E-state index contributed by atoms with van der Waals surface area (Å²) in [7, 11) is 0. The first kappa shape index (κ1) is 14.0. The summed E-state index contributed by atoms with van der Waals surface area (Å²) in [6.07, 6.45) is -2.87. The Balaban J connectivity index is 2.15. The molecule has 0 spiro atoms. The number of rotatable bonds is 2. The number of thioether (sulfide) groups is 2. The number of aliphatic imine (C=N–C) groups is 1. The van der Waals surface area contributed by atoms with E-state index in [1.807, 2.05) is 11.6 Å². The Morgan fingerprint density at radius 3 is 2.83 bits per heavy atom. The summed E-state index contributed by atoms with van der Waals surface area (Å²) in [5, 5.41) is 14.1. The number of hydrogen-bond donors (Lipinski definition) is 2. The number of thiophene rings is 1. The second kappa shape index (κ2) is 4.95. The smallest absolute Gasteiger partial charge is 0.361 e. The van der Waals surface area contributed by atoms with Crippen LogP contribution in [0.4, 0.5) is 18.9 Å². The Labute approximate surface area is 114 Å². The molecule has 0 amide bonds. The van der Waals surface area contributed by atoms with Crippen LogP contribution in [0.3, 0.4) is 0 Å². The number of alkyl halides is 3. The summed E-state index contributed by atoms with van der Waals surface area (Å²) in [4.78, 5) is 3.34. The van der Waals surface area contributed by atoms with E-state index in [9.17, 15) is 18.3 Å². The van der Waals surface area contributed by atoms with Gasteiger partial charge in [-0.2, -0.15) is 13.2 Å². The lowest BCUT2D eigenvalue weighted by molar-refractivity contribution is -0.245. The molecule has 0 aromatic carbocycles. The van der Waals surface area contributed by atoms with Gasteiger partial charge in [-0.1, -0.05) is 11.8 Å². The lowest BCUT2D eigenvalue weighted by Crippen LogP contribution is -2.43. The molecule has 0 aliphatic carbocycles. The van der Waals surface area contributed by atoms with E-state index in [1.54, 1.807) is 6.07 Å². The Bertz CT molecular complexity index is 474. The van der Waals surface area contributed by atoms with Gasteiger partial charge < -0.3 is 10.4 Å². The lowest BCUT2D eigenvalue weighted by atomic mass is 10.3. The fraction of sp³-hybridized carbons (Fsp3) is 0.444. The first-order valence-corrected chi connectivity index (χ1v) is 7.85. The number of anilines is 1. The Morgan fingerprint density at radius 1 is 1.56 bits per heavy atom. The molecule has 0 saturated carbocycles. The van der Waals surface area contributed by atoms with E-state index in [-0.39, 0.29) is 5.17 Å². The minimum absolute atomic E-state index is 0.0866. The third-order valence-electron chi connectivity index (χ3n) is 2.21. The summed E-state index contributed by atoms with van der Waals surface area (Å²) in [5.41, 5.74) is -2.26. The third kappa shape index (κ3) is 2.63. The number of amidine groups is 1. The van der Waals surface area contributed by atoms with E-state index in [1.165, 1.54) is 23.1 Å². The largest absolute Gasteiger partial charge is 0.439 e. The predicted octanol–water partition coefficient (Wildman–Crippen LogP) is 3.24. The highest BCUT2D eigenvalue weighted by Gasteiger charge is 2.57. The van der Waals surface area contributed by atoms with Crippen molar-refractivity contribution >= 4 is 45.7 Å². The fourth-order valence-corrected chi connectivity index (χ4v) is 3.70. The summed E-state index contributed by atoms with van der Waals surface area (Å²) in [5.74, 6) is -0.516. The lowest BCUT2D eigenvalue weighted by Gasteiger charge is -2.20. The van der Waals surface area contributed by atoms with Gasteiger partial charge in [-0.25, -0.2) is 4.99 Å². The zero-order valence-electron chi connectivity index (χ0n) is 9.11. The molecule has 1 aromatic heterocycles. The van der Waals surface area contributed by atoms with Gasteiger partial charge in [-0.3, -0.25) is 0 Å². The van der Waals surface area contributed by atoms with Crippen LogP contribution in [0.5, 0.6) is 0 Å². The van der Waals surface area contributed by atoms with Crippen molar-refractivity contribution < 1.29 is 18.3 Å². The summed E-state index contributed by atoms with van der Waals surface area (Å²) >= 11 is 3.85. The van der Waals surface area contributed by atoms with Gasteiger partial charge >= 0.3 is 6.18 Å². The van der Waals surface area contributed by atoms with E-state index in [0.717, 1.165) is 16.0 Å². The van der Waals surface area contributed by atoms with E-state index < -0.39 is 17.7 Å². The Kier molecular flexibility index (Phi) is 3.86. The molecule has 1 aliphatic rings. The Hall–Kier alpha value is -0.380. The summed E-state index contributed by atoms with van der Waals surface area (Å²) < 4.78 is 38.6. The maximum absolute atomic E-state index is 12.5. The average Bonchev–Trinajstić information content (AvgIpc) is 2.86. The molecule has 1 atom stereocenters. The SMILES string of the molecule is CSc1sccc1NC1=NC(O)(C(F)(F)F)CS1. The Morgan fingerprint density at radius 2 is 2.28 bits per heavy atom. The first-order valence-electron chi connectivity index (χ1n) is 4.76. The summed E-state index contributed by atoms with van der Waals surface area (Å²) in [6, 6.07) is 1.77. The van der Waals surface area contributed by atoms with E-state index in [0.29, 0.717) is 5.69 Å². The second-order valence-corrected chi connectivity index (χ2v) is 6.43. The van der Waals surface area contributed by atoms with Crippen LogP contribution in [0.1, 0.15) is 0 Å². The van der Waals surface area contributed by atoms with Crippen molar-refractivity contribution in [3.8, 4) is 0 Å². The first-order chi connectivity index (χ1) is 8.36. The van der Waals surface area contributed by atoms with Crippen molar-refractivity contribution in [3.63, 3.8) is 0 Å². The fourth-order valence-electron chi connectivity index (χ4n) is 1.27. The molecule has 0 saturated heterocycles. The zero-order valence-corrected chi connectivity index (χ0v) is 11.6. The number of nitrogens with zero attached hydrogens (tertiary/aromatic N) is 1. The highest BCUT2D eigenvalue weighted by molar-refractivity contribution is 8.14. The van der Waals surface area contributed by atoms with Gasteiger partial charge in [0.15, 0.2) is 5.17 Å². The van der Waals surface area contributed by atoms with E-state index in [4.69, 9.17) is 0 Å². The van der Waals surface area contributed by atoms with Crippen molar-refractivity contribution in [2.24, 2.45) is 4.99 Å². The molecule has 1 unspecified atom stereocenters. The van der Waals surface area contributed by atoms with E-state index in [2.05, 4.69) is 10.3 Å². The molecule has 18 heavy (non-hydrogen) atoms. The van der Waals surface area contributed by atoms with Crippen molar-refractivity contribution in [3.05, 3.63) is 11.4 Å². The van der Waals surface area contributed by atoms with Crippen LogP contribution in [0.25, 0.3) is 0 Å². The number of nitrogens with one attached hydrogen (secondary N) is 1. The van der Waals surface area contributed by atoms with Gasteiger partial charge in [-0.15, -0.1) is 23.1 Å². The molecule has 3 nitrogen and oxygen atoms in total. The second-order valence-electron chi connectivity index (χ2n) is 3.47. The molecule has 100 valence electrons. The molecule has 1 aromatic rings. The van der Waals surface area contributed by atoms with Gasteiger partial charge in [0, 0.05) is 0 Å². The van der Waals surface area contributed by atoms with Crippen LogP contribution in [-0.4, -0.2) is 34.2 Å². The van der Waals surface area contributed by atoms with Crippen LogP contribution >= 0.6 is 34.9 Å². The van der Waals surface area contributed by atoms with Crippen LogP contribution < -0.4 is 5.32 Å². The van der Waals surface area contributed by atoms with Crippen LogP contribution in [0.15, 0.2) is 20.6 Å². The van der Waals surface area contributed by atoms with Crippen LogP contribution in [0, 0.1) is 0 Å². The van der Waals surface area contributed by atoms with Gasteiger partial charge in [0.1, 0.15) is 0 Å². The van der Waals surface area contributed by atoms with Gasteiger partial charge in [-0.05, 0) is 17.7 Å². The van der Waals surface area contributed by atoms with Crippen molar-refractivity contribution in [2.75, 3.05) is 17.3 Å². The number of hydrogen-bond acceptors (Lipinski definition) is 6. The topological polar surface area (TPSA) is 44.6 Å². The number of halogens is 3. The van der Waals surface area contributed by atoms with Crippen LogP contribution in [-0.2, 0) is 0 Å². The third-order valence-corrected chi connectivity index (χ3v) is 5.31. The molecular formula is C9H9F3N2OS3. The molecular weight excluding hydrogens is 305 g/mol. The maximum atomic E-state index is 12.5. The van der Waals surface area contributed by atoms with E-state index >= 15 is 0 Å². The summed E-state index contributed by atoms with van der Waals surface area (Å²) in [6.45, 7) is 0. The number of aliphatic hydroxyl groups is 1. The van der Waals surface area contributed by atoms with Gasteiger partial charge in [0.05, 0.1) is 15.6 Å². The zero-order chi connectivity index (χ0) is 13.4. The maximum Gasteiger partial charge on any atom is 0.439 e. The molecule has 0 fully saturated rings. The predicted molar refractivity (Wildman–Crippen MR) is 70.6 cm³/mol. The average molecular weight is 314 g/mol. The molecule has 9 heteroatoms. The highest BCUT2D eigenvalue weighted by Crippen LogP contribution is 2.40. The van der Waals surface area contributed by atoms with Crippen LogP contribution in [0.2, 0.25) is 0 Å². The molecule has 2 N–H and O–H groups in total. The standard InChI is InChI=1S/C9H9F3N2OS3/c1-16-6-5(2-3-17-6)13-7-14-8(15,4-18-7)9(10,11)12/h2-3,15H,4H2,1H3,(H,13,14). The van der Waals surface area contributed by atoms with Crippen molar-refractivity contribution in [1.29, 1.82) is 0 Å². The molecule has 2 heterocycles. The monoisotopic (exact) mass is 314 g/mol. The minimum atomic E-state index is -4.75. The highest BCUT2D eigenvalue weighted by atomic mass is 32.2. The van der Waals surface area contributed by atoms with Gasteiger partial charge in [0.2, 0.25) is 0 Å². The normalized spacial score (nSPS) is 24.2. The molecule has 0 radical (unpaired) electrons. The molecule has 0 bridgehead atoms.